The Morgan fingerprint density at radius 1 is 1.22 bits per heavy atom. The Bertz CT molecular complexity index is 334. The van der Waals surface area contributed by atoms with Crippen LogP contribution in [0.25, 0.3) is 0 Å². The van der Waals surface area contributed by atoms with Crippen LogP contribution in [0.2, 0.25) is 0 Å². The lowest BCUT2D eigenvalue weighted by molar-refractivity contribution is -0.108. The van der Waals surface area contributed by atoms with Gasteiger partial charge in [-0.15, -0.1) is 0 Å². The topological polar surface area (TPSA) is 44.8 Å². The Balaban J connectivity index is 2.28. The summed E-state index contributed by atoms with van der Waals surface area (Å²) in [7, 11) is 3.27. The van der Waals surface area contributed by atoms with Gasteiger partial charge < -0.3 is 19.0 Å². The normalized spacial score (nSPS) is 12.1. The van der Waals surface area contributed by atoms with Crippen molar-refractivity contribution in [2.24, 2.45) is 0 Å². The Kier molecular flexibility index (Phi) is 7.06. The van der Waals surface area contributed by atoms with Crippen molar-refractivity contribution in [1.29, 1.82) is 0 Å². The molecule has 1 aromatic carbocycles. The predicted molar refractivity (Wildman–Crippen MR) is 68.7 cm³/mol. The van der Waals surface area contributed by atoms with Crippen LogP contribution in [0.5, 0.6) is 5.75 Å². The summed E-state index contributed by atoms with van der Waals surface area (Å²) in [6, 6.07) is 7.73. The molecule has 0 saturated carbocycles. The van der Waals surface area contributed by atoms with Crippen molar-refractivity contribution >= 4 is 6.29 Å². The Labute approximate surface area is 108 Å². The van der Waals surface area contributed by atoms with Crippen molar-refractivity contribution in [3.63, 3.8) is 0 Å². The molecular weight excluding hydrogens is 232 g/mol. The largest absolute Gasteiger partial charge is 0.497 e. The maximum atomic E-state index is 10.3. The zero-order chi connectivity index (χ0) is 13.2. The number of hydrogen-bond donors (Lipinski definition) is 0. The highest BCUT2D eigenvalue weighted by Gasteiger charge is 2.07. The average Bonchev–Trinajstić information content (AvgIpc) is 2.43. The molecule has 0 amide bonds. The number of ether oxygens (including phenoxy) is 3. The van der Waals surface area contributed by atoms with E-state index in [2.05, 4.69) is 0 Å². The fraction of sp³-hybridized carbons (Fsp3) is 0.500. The third kappa shape index (κ3) is 5.29. The summed E-state index contributed by atoms with van der Waals surface area (Å²) in [5.74, 6) is 0.833. The van der Waals surface area contributed by atoms with E-state index in [4.69, 9.17) is 14.2 Å². The summed E-state index contributed by atoms with van der Waals surface area (Å²) in [5.41, 5.74) is 1.08. The molecule has 4 heteroatoms. The second-order valence-corrected chi connectivity index (χ2v) is 3.96. The van der Waals surface area contributed by atoms with Gasteiger partial charge in [0.1, 0.15) is 12.0 Å². The Hall–Kier alpha value is -1.39. The first-order valence-corrected chi connectivity index (χ1v) is 5.97. The molecule has 0 bridgehead atoms. The van der Waals surface area contributed by atoms with Gasteiger partial charge in [0.15, 0.2) is 0 Å². The van der Waals surface area contributed by atoms with Gasteiger partial charge >= 0.3 is 0 Å². The fourth-order valence-electron chi connectivity index (χ4n) is 1.55. The molecule has 1 aromatic rings. The van der Waals surface area contributed by atoms with Gasteiger partial charge in [-0.2, -0.15) is 0 Å². The summed E-state index contributed by atoms with van der Waals surface area (Å²) in [6.45, 7) is 1.03. The standard InChI is InChI=1S/C14H20O4/c1-16-13-7-5-12(6-8-13)10-18-11-14(17-2)4-3-9-15/h5-9,14H,3-4,10-11H2,1-2H3/t14-/m0/s1. The molecule has 0 heterocycles. The number of methoxy groups -OCH3 is 2. The second kappa shape index (κ2) is 8.66. The SMILES string of the molecule is COc1ccc(COC[C@H](CCC=O)OC)cc1. The number of benzene rings is 1. The van der Waals surface area contributed by atoms with Crippen molar-refractivity contribution in [2.45, 2.75) is 25.6 Å². The van der Waals surface area contributed by atoms with Crippen molar-refractivity contribution in [1.82, 2.24) is 0 Å². The van der Waals surface area contributed by atoms with E-state index in [0.717, 1.165) is 17.6 Å². The smallest absolute Gasteiger partial charge is 0.120 e. The van der Waals surface area contributed by atoms with E-state index in [9.17, 15) is 4.79 Å². The van der Waals surface area contributed by atoms with Crippen LogP contribution in [0, 0.1) is 0 Å². The van der Waals surface area contributed by atoms with E-state index in [1.54, 1.807) is 14.2 Å². The van der Waals surface area contributed by atoms with Crippen LogP contribution in [0.1, 0.15) is 18.4 Å². The minimum atomic E-state index is -0.0200. The monoisotopic (exact) mass is 252 g/mol. The van der Waals surface area contributed by atoms with Crippen LogP contribution in [0.3, 0.4) is 0 Å². The van der Waals surface area contributed by atoms with Crippen molar-refractivity contribution in [3.8, 4) is 5.75 Å². The third-order valence-corrected chi connectivity index (χ3v) is 2.67. The highest BCUT2D eigenvalue weighted by Crippen LogP contribution is 2.12. The number of carbonyl (C=O) groups is 1. The highest BCUT2D eigenvalue weighted by molar-refractivity contribution is 5.49. The first kappa shape index (κ1) is 14.7. The molecule has 0 aromatic heterocycles. The van der Waals surface area contributed by atoms with E-state index in [1.165, 1.54) is 0 Å². The summed E-state index contributed by atoms with van der Waals surface area (Å²) in [5, 5.41) is 0. The lowest BCUT2D eigenvalue weighted by Gasteiger charge is -2.14. The zero-order valence-corrected chi connectivity index (χ0v) is 10.9. The molecule has 0 N–H and O–H groups in total. The first-order chi connectivity index (χ1) is 8.80. The number of hydrogen-bond acceptors (Lipinski definition) is 4. The van der Waals surface area contributed by atoms with E-state index in [0.29, 0.717) is 26.1 Å². The second-order valence-electron chi connectivity index (χ2n) is 3.96. The van der Waals surface area contributed by atoms with E-state index in [1.807, 2.05) is 24.3 Å². The highest BCUT2D eigenvalue weighted by atomic mass is 16.5. The minimum absolute atomic E-state index is 0.0200. The van der Waals surface area contributed by atoms with Crippen LogP contribution in [-0.4, -0.2) is 33.2 Å². The lowest BCUT2D eigenvalue weighted by Crippen LogP contribution is -2.18. The van der Waals surface area contributed by atoms with Crippen molar-refractivity contribution in [3.05, 3.63) is 29.8 Å². The van der Waals surface area contributed by atoms with Gasteiger partial charge in [0.25, 0.3) is 0 Å². The molecule has 0 radical (unpaired) electrons. The summed E-state index contributed by atoms with van der Waals surface area (Å²) in [6.07, 6.45) is 2.08. The number of carbonyl (C=O) groups excluding carboxylic acids is 1. The molecule has 1 rings (SSSR count). The van der Waals surface area contributed by atoms with Gasteiger partial charge in [0, 0.05) is 13.5 Å². The molecule has 100 valence electrons. The third-order valence-electron chi connectivity index (χ3n) is 2.67. The number of aldehydes is 1. The molecule has 0 fully saturated rings. The summed E-state index contributed by atoms with van der Waals surface area (Å²) >= 11 is 0. The Morgan fingerprint density at radius 3 is 2.50 bits per heavy atom. The quantitative estimate of drug-likeness (QED) is 0.632. The van der Waals surface area contributed by atoms with E-state index in [-0.39, 0.29) is 6.10 Å². The van der Waals surface area contributed by atoms with Crippen LogP contribution in [0.15, 0.2) is 24.3 Å². The molecule has 0 aliphatic rings. The predicted octanol–water partition coefficient (Wildman–Crippen LogP) is 2.21. The fourth-order valence-corrected chi connectivity index (χ4v) is 1.55. The molecule has 0 unspecified atom stereocenters. The van der Waals surface area contributed by atoms with Crippen LogP contribution in [0.4, 0.5) is 0 Å². The van der Waals surface area contributed by atoms with E-state index >= 15 is 0 Å². The molecule has 18 heavy (non-hydrogen) atoms. The lowest BCUT2D eigenvalue weighted by atomic mass is 10.2. The van der Waals surface area contributed by atoms with Crippen LogP contribution in [-0.2, 0) is 20.9 Å². The maximum Gasteiger partial charge on any atom is 0.120 e. The number of rotatable bonds is 9. The van der Waals surface area contributed by atoms with Gasteiger partial charge in [-0.25, -0.2) is 0 Å². The average molecular weight is 252 g/mol. The van der Waals surface area contributed by atoms with Gasteiger partial charge in [-0.05, 0) is 24.1 Å². The van der Waals surface area contributed by atoms with Gasteiger partial charge in [0.05, 0.1) is 26.4 Å². The minimum Gasteiger partial charge on any atom is -0.497 e. The summed E-state index contributed by atoms with van der Waals surface area (Å²) < 4.78 is 15.9. The zero-order valence-electron chi connectivity index (χ0n) is 10.9. The Morgan fingerprint density at radius 2 is 1.94 bits per heavy atom. The molecular formula is C14H20O4. The molecule has 0 spiro atoms. The first-order valence-electron chi connectivity index (χ1n) is 5.97. The van der Waals surface area contributed by atoms with E-state index < -0.39 is 0 Å². The van der Waals surface area contributed by atoms with Gasteiger partial charge in [-0.3, -0.25) is 0 Å². The molecule has 1 atom stereocenters. The molecule has 4 nitrogen and oxygen atoms in total. The van der Waals surface area contributed by atoms with Gasteiger partial charge in [0.2, 0.25) is 0 Å². The molecule has 0 saturated heterocycles. The van der Waals surface area contributed by atoms with Crippen LogP contribution < -0.4 is 4.74 Å². The summed E-state index contributed by atoms with van der Waals surface area (Å²) in [4.78, 5) is 10.3. The van der Waals surface area contributed by atoms with Crippen LogP contribution >= 0.6 is 0 Å². The van der Waals surface area contributed by atoms with Crippen molar-refractivity contribution < 1.29 is 19.0 Å². The molecule has 0 aliphatic heterocycles. The van der Waals surface area contributed by atoms with Gasteiger partial charge in [-0.1, -0.05) is 12.1 Å². The molecule has 0 aliphatic carbocycles. The maximum absolute atomic E-state index is 10.3. The van der Waals surface area contributed by atoms with Crippen molar-refractivity contribution in [2.75, 3.05) is 20.8 Å².